The van der Waals surface area contributed by atoms with Crippen molar-refractivity contribution in [2.24, 2.45) is 0 Å². The molecule has 0 bridgehead atoms. The van der Waals surface area contributed by atoms with Crippen molar-refractivity contribution in [2.45, 2.75) is 58.4 Å². The standard InChI is InChI=1S/C22H32N4O2/c1-4-6-12-24(3)21(28)16-26-19-11-9-8-10-18(19)23-22(26)17-14-20(27)25(15-17)13-7-5-2/h8-11,17H,4-7,12-16H2,1-3H3/t17-/m1/s1. The number of nitrogens with zero attached hydrogens (tertiary/aromatic N) is 4. The number of aromatic nitrogens is 2. The first kappa shape index (κ1) is 20.4. The summed E-state index contributed by atoms with van der Waals surface area (Å²) in [7, 11) is 1.86. The fraction of sp³-hybridized carbons (Fsp3) is 0.591. The Balaban J connectivity index is 1.85. The fourth-order valence-electron chi connectivity index (χ4n) is 3.86. The van der Waals surface area contributed by atoms with E-state index in [-0.39, 0.29) is 24.3 Å². The molecule has 2 amide bonds. The number of benzene rings is 1. The number of hydrogen-bond acceptors (Lipinski definition) is 3. The van der Waals surface area contributed by atoms with E-state index in [2.05, 4.69) is 13.8 Å². The maximum absolute atomic E-state index is 12.8. The molecule has 0 spiro atoms. The fourth-order valence-corrected chi connectivity index (χ4v) is 3.86. The highest BCUT2D eigenvalue weighted by Gasteiger charge is 2.34. The van der Waals surface area contributed by atoms with Gasteiger partial charge >= 0.3 is 0 Å². The van der Waals surface area contributed by atoms with Gasteiger partial charge in [-0.15, -0.1) is 0 Å². The molecule has 2 heterocycles. The van der Waals surface area contributed by atoms with Crippen molar-refractivity contribution >= 4 is 22.8 Å². The van der Waals surface area contributed by atoms with E-state index < -0.39 is 0 Å². The van der Waals surface area contributed by atoms with Crippen molar-refractivity contribution in [2.75, 3.05) is 26.7 Å². The number of carbonyl (C=O) groups excluding carboxylic acids is 2. The normalized spacial score (nSPS) is 16.9. The number of likely N-dealkylation sites (tertiary alicyclic amines) is 1. The van der Waals surface area contributed by atoms with Crippen LogP contribution in [0.1, 0.15) is 57.7 Å². The molecule has 3 rings (SSSR count). The first-order valence-electron chi connectivity index (χ1n) is 10.5. The van der Waals surface area contributed by atoms with Gasteiger partial charge in [0.05, 0.1) is 11.0 Å². The molecule has 28 heavy (non-hydrogen) atoms. The number of amides is 2. The van der Waals surface area contributed by atoms with Gasteiger partial charge in [-0.3, -0.25) is 9.59 Å². The summed E-state index contributed by atoms with van der Waals surface area (Å²) in [5.41, 5.74) is 1.86. The van der Waals surface area contributed by atoms with Crippen LogP contribution >= 0.6 is 0 Å². The van der Waals surface area contributed by atoms with Gasteiger partial charge in [0.15, 0.2) is 0 Å². The highest BCUT2D eigenvalue weighted by molar-refractivity contribution is 5.83. The number of rotatable bonds is 9. The van der Waals surface area contributed by atoms with Crippen molar-refractivity contribution in [1.82, 2.24) is 19.4 Å². The van der Waals surface area contributed by atoms with Crippen LogP contribution in [-0.4, -0.2) is 57.8 Å². The van der Waals surface area contributed by atoms with E-state index in [1.807, 2.05) is 40.8 Å². The number of imidazole rings is 1. The predicted molar refractivity (Wildman–Crippen MR) is 111 cm³/mol. The second kappa shape index (κ2) is 9.22. The average molecular weight is 385 g/mol. The SMILES string of the molecule is CCCCN(C)C(=O)Cn1c([C@@H]2CC(=O)N(CCCC)C2)nc2ccccc21. The third-order valence-electron chi connectivity index (χ3n) is 5.61. The average Bonchev–Trinajstić information content (AvgIpc) is 3.25. The van der Waals surface area contributed by atoms with Crippen LogP contribution in [-0.2, 0) is 16.1 Å². The molecule has 0 unspecified atom stereocenters. The zero-order chi connectivity index (χ0) is 20.1. The first-order valence-corrected chi connectivity index (χ1v) is 10.5. The Morgan fingerprint density at radius 3 is 2.71 bits per heavy atom. The van der Waals surface area contributed by atoms with E-state index >= 15 is 0 Å². The number of carbonyl (C=O) groups is 2. The highest BCUT2D eigenvalue weighted by Crippen LogP contribution is 2.30. The van der Waals surface area contributed by atoms with Gasteiger partial charge in [0.2, 0.25) is 11.8 Å². The predicted octanol–water partition coefficient (Wildman–Crippen LogP) is 3.41. The molecule has 1 aromatic carbocycles. The van der Waals surface area contributed by atoms with Gasteiger partial charge in [-0.1, -0.05) is 38.8 Å². The van der Waals surface area contributed by atoms with Crippen LogP contribution in [0.3, 0.4) is 0 Å². The molecule has 0 saturated carbocycles. The summed E-state index contributed by atoms with van der Waals surface area (Å²) in [4.78, 5) is 33.8. The van der Waals surface area contributed by atoms with Crippen LogP contribution < -0.4 is 0 Å². The van der Waals surface area contributed by atoms with E-state index in [0.29, 0.717) is 13.0 Å². The zero-order valence-corrected chi connectivity index (χ0v) is 17.4. The summed E-state index contributed by atoms with van der Waals surface area (Å²) >= 11 is 0. The molecule has 6 heteroatoms. The van der Waals surface area contributed by atoms with Crippen LogP contribution in [0.15, 0.2) is 24.3 Å². The molecule has 152 valence electrons. The summed E-state index contributed by atoms with van der Waals surface area (Å²) in [5, 5.41) is 0. The third-order valence-corrected chi connectivity index (χ3v) is 5.61. The van der Waals surface area contributed by atoms with Crippen molar-refractivity contribution in [1.29, 1.82) is 0 Å². The Labute approximate surface area is 167 Å². The van der Waals surface area contributed by atoms with Gasteiger partial charge in [-0.2, -0.15) is 0 Å². The second-order valence-electron chi connectivity index (χ2n) is 7.81. The lowest BCUT2D eigenvalue weighted by atomic mass is 10.1. The molecule has 0 N–H and O–H groups in total. The van der Waals surface area contributed by atoms with Crippen molar-refractivity contribution in [3.05, 3.63) is 30.1 Å². The van der Waals surface area contributed by atoms with Gasteiger partial charge in [-0.25, -0.2) is 4.98 Å². The summed E-state index contributed by atoms with van der Waals surface area (Å²) < 4.78 is 2.03. The molecule has 0 radical (unpaired) electrons. The Bertz CT molecular complexity index is 829. The monoisotopic (exact) mass is 384 g/mol. The zero-order valence-electron chi connectivity index (χ0n) is 17.4. The summed E-state index contributed by atoms with van der Waals surface area (Å²) in [6.45, 7) is 6.81. The summed E-state index contributed by atoms with van der Waals surface area (Å²) in [5.74, 6) is 1.20. The van der Waals surface area contributed by atoms with Crippen molar-refractivity contribution in [3.63, 3.8) is 0 Å². The molecular formula is C22H32N4O2. The quantitative estimate of drug-likeness (QED) is 0.666. The minimum absolute atomic E-state index is 0.0468. The van der Waals surface area contributed by atoms with Gasteiger partial charge < -0.3 is 14.4 Å². The molecule has 1 aliphatic rings. The Kier molecular flexibility index (Phi) is 6.70. The highest BCUT2D eigenvalue weighted by atomic mass is 16.2. The topological polar surface area (TPSA) is 58.4 Å². The first-order chi connectivity index (χ1) is 13.5. The molecule has 1 fully saturated rings. The summed E-state index contributed by atoms with van der Waals surface area (Å²) in [6, 6.07) is 7.93. The van der Waals surface area contributed by atoms with Crippen LogP contribution in [0.5, 0.6) is 0 Å². The van der Waals surface area contributed by atoms with Crippen molar-refractivity contribution in [3.8, 4) is 0 Å². The molecule has 1 aliphatic heterocycles. The number of fused-ring (bicyclic) bond motifs is 1. The number of para-hydroxylation sites is 2. The maximum Gasteiger partial charge on any atom is 0.242 e. The van der Waals surface area contributed by atoms with Crippen LogP contribution in [0.2, 0.25) is 0 Å². The van der Waals surface area contributed by atoms with E-state index in [9.17, 15) is 9.59 Å². The minimum atomic E-state index is 0.0468. The third kappa shape index (κ3) is 4.37. The lowest BCUT2D eigenvalue weighted by molar-refractivity contribution is -0.130. The van der Waals surface area contributed by atoms with Crippen molar-refractivity contribution < 1.29 is 9.59 Å². The Hall–Kier alpha value is -2.37. The molecule has 2 aromatic rings. The van der Waals surface area contributed by atoms with Gasteiger partial charge in [0, 0.05) is 39.0 Å². The largest absolute Gasteiger partial charge is 0.344 e. The van der Waals surface area contributed by atoms with Crippen LogP contribution in [0.4, 0.5) is 0 Å². The number of unbranched alkanes of at least 4 members (excludes halogenated alkanes) is 2. The minimum Gasteiger partial charge on any atom is -0.344 e. The van der Waals surface area contributed by atoms with Crippen LogP contribution in [0, 0.1) is 0 Å². The van der Waals surface area contributed by atoms with E-state index in [0.717, 1.165) is 55.6 Å². The lowest BCUT2D eigenvalue weighted by Gasteiger charge is -2.20. The Morgan fingerprint density at radius 1 is 1.21 bits per heavy atom. The van der Waals surface area contributed by atoms with Gasteiger partial charge in [-0.05, 0) is 25.0 Å². The second-order valence-corrected chi connectivity index (χ2v) is 7.81. The van der Waals surface area contributed by atoms with Gasteiger partial charge in [0.25, 0.3) is 0 Å². The smallest absolute Gasteiger partial charge is 0.242 e. The molecule has 1 atom stereocenters. The van der Waals surface area contributed by atoms with E-state index in [4.69, 9.17) is 4.98 Å². The number of hydrogen-bond donors (Lipinski definition) is 0. The summed E-state index contributed by atoms with van der Waals surface area (Å²) in [6.07, 6.45) is 4.64. The molecule has 6 nitrogen and oxygen atoms in total. The van der Waals surface area contributed by atoms with E-state index in [1.165, 1.54) is 0 Å². The lowest BCUT2D eigenvalue weighted by Crippen LogP contribution is -2.32. The Morgan fingerprint density at radius 2 is 1.96 bits per heavy atom. The molecule has 0 aliphatic carbocycles. The maximum atomic E-state index is 12.8. The molecular weight excluding hydrogens is 352 g/mol. The molecule has 1 aromatic heterocycles. The number of likely N-dealkylation sites (N-methyl/N-ethyl adjacent to an activating group) is 1. The van der Waals surface area contributed by atoms with Gasteiger partial charge in [0.1, 0.15) is 12.4 Å². The molecule has 1 saturated heterocycles. The van der Waals surface area contributed by atoms with Crippen LogP contribution in [0.25, 0.3) is 11.0 Å². The van der Waals surface area contributed by atoms with E-state index in [1.54, 1.807) is 4.90 Å².